The van der Waals surface area contributed by atoms with E-state index in [9.17, 15) is 9.18 Å². The van der Waals surface area contributed by atoms with Crippen LogP contribution in [0.1, 0.15) is 39.0 Å². The van der Waals surface area contributed by atoms with Gasteiger partial charge in [-0.2, -0.15) is 0 Å². The second-order valence-electron chi connectivity index (χ2n) is 5.56. The third-order valence-electron chi connectivity index (χ3n) is 4.32. The molecule has 4 heteroatoms. The Balaban J connectivity index is 2.18. The summed E-state index contributed by atoms with van der Waals surface area (Å²) in [6.07, 6.45) is 4.59. The number of anilines is 1. The van der Waals surface area contributed by atoms with Gasteiger partial charge in [-0.05, 0) is 49.8 Å². The van der Waals surface area contributed by atoms with E-state index in [1.54, 1.807) is 12.1 Å². The van der Waals surface area contributed by atoms with Gasteiger partial charge in [0.25, 0.3) is 0 Å². The van der Waals surface area contributed by atoms with Crippen molar-refractivity contribution in [2.75, 3.05) is 12.4 Å². The van der Waals surface area contributed by atoms with Gasteiger partial charge in [0.05, 0.1) is 7.11 Å². The number of hydrogen-bond donors (Lipinski definition) is 1. The molecule has 0 amide bonds. The summed E-state index contributed by atoms with van der Waals surface area (Å²) < 4.78 is 18.3. The van der Waals surface area contributed by atoms with Crippen LogP contribution in [0.25, 0.3) is 0 Å². The number of benzene rings is 1. The Kier molecular flexibility index (Phi) is 4.63. The van der Waals surface area contributed by atoms with Crippen LogP contribution in [-0.4, -0.2) is 18.6 Å². The Morgan fingerprint density at radius 1 is 1.45 bits per heavy atom. The van der Waals surface area contributed by atoms with Gasteiger partial charge >= 0.3 is 5.97 Å². The number of rotatable bonds is 4. The zero-order valence-electron chi connectivity index (χ0n) is 12.1. The molecule has 1 aromatic carbocycles. The molecule has 0 unspecified atom stereocenters. The maximum absolute atomic E-state index is 13.3. The maximum atomic E-state index is 13.3. The summed E-state index contributed by atoms with van der Waals surface area (Å²) >= 11 is 0. The Morgan fingerprint density at radius 2 is 2.15 bits per heavy atom. The molecular formula is C16H22FNO2. The van der Waals surface area contributed by atoms with Crippen molar-refractivity contribution in [2.24, 2.45) is 5.92 Å². The third kappa shape index (κ3) is 3.11. The van der Waals surface area contributed by atoms with Crippen LogP contribution in [0.4, 0.5) is 10.1 Å². The van der Waals surface area contributed by atoms with Crippen molar-refractivity contribution in [1.82, 2.24) is 0 Å². The van der Waals surface area contributed by atoms with Crippen LogP contribution < -0.4 is 5.32 Å². The number of hydrogen-bond acceptors (Lipinski definition) is 3. The average molecular weight is 279 g/mol. The van der Waals surface area contributed by atoms with Crippen LogP contribution in [0, 0.1) is 11.7 Å². The van der Waals surface area contributed by atoms with Gasteiger partial charge in [-0.1, -0.05) is 19.4 Å². The summed E-state index contributed by atoms with van der Waals surface area (Å²) in [5.74, 6) is 0.107. The number of ether oxygens (including phenoxy) is 1. The molecule has 0 atom stereocenters. The Labute approximate surface area is 119 Å². The number of carbonyl (C=O) groups excluding carboxylic acids is 1. The lowest BCUT2D eigenvalue weighted by molar-refractivity contribution is -0.147. The fraction of sp³-hybridized carbons (Fsp3) is 0.562. The fourth-order valence-electron chi connectivity index (χ4n) is 3.00. The Morgan fingerprint density at radius 3 is 2.70 bits per heavy atom. The lowest BCUT2D eigenvalue weighted by Crippen LogP contribution is -2.49. The highest BCUT2D eigenvalue weighted by molar-refractivity contribution is 5.84. The molecule has 0 bridgehead atoms. The van der Waals surface area contributed by atoms with Crippen molar-refractivity contribution < 1.29 is 13.9 Å². The monoisotopic (exact) mass is 279 g/mol. The molecule has 1 saturated carbocycles. The standard InChI is InChI=1S/C16H22FNO2/c1-3-12-7-9-16(10-8-12,15(19)20-2)18-14-6-4-5-13(17)11-14/h4-6,11-12,18H,3,7-10H2,1-2H3. The maximum Gasteiger partial charge on any atom is 0.331 e. The SMILES string of the molecule is CCC1CCC(Nc2cccc(F)c2)(C(=O)OC)CC1. The highest BCUT2D eigenvalue weighted by atomic mass is 19.1. The van der Waals surface area contributed by atoms with Gasteiger partial charge in [0.2, 0.25) is 0 Å². The molecule has 0 aliphatic heterocycles. The first kappa shape index (κ1) is 14.8. The summed E-state index contributed by atoms with van der Waals surface area (Å²) in [6, 6.07) is 6.22. The minimum absolute atomic E-state index is 0.253. The summed E-state index contributed by atoms with van der Waals surface area (Å²) in [7, 11) is 1.41. The van der Waals surface area contributed by atoms with E-state index in [1.807, 2.05) is 0 Å². The lowest BCUT2D eigenvalue weighted by Gasteiger charge is -2.39. The van der Waals surface area contributed by atoms with E-state index in [-0.39, 0.29) is 11.8 Å². The molecule has 3 nitrogen and oxygen atoms in total. The number of halogens is 1. The van der Waals surface area contributed by atoms with Crippen molar-refractivity contribution in [3.05, 3.63) is 30.1 Å². The van der Waals surface area contributed by atoms with Crippen molar-refractivity contribution in [3.63, 3.8) is 0 Å². The Hall–Kier alpha value is -1.58. The minimum Gasteiger partial charge on any atom is -0.467 e. The van der Waals surface area contributed by atoms with Gasteiger partial charge in [0.15, 0.2) is 0 Å². The smallest absolute Gasteiger partial charge is 0.331 e. The van der Waals surface area contributed by atoms with Crippen molar-refractivity contribution in [2.45, 2.75) is 44.6 Å². The summed E-state index contributed by atoms with van der Waals surface area (Å²) in [5, 5.41) is 3.22. The van der Waals surface area contributed by atoms with Gasteiger partial charge in [0.1, 0.15) is 11.4 Å². The molecule has 1 fully saturated rings. The molecule has 0 heterocycles. The van der Waals surface area contributed by atoms with Crippen molar-refractivity contribution >= 4 is 11.7 Å². The van der Waals surface area contributed by atoms with E-state index in [0.29, 0.717) is 11.6 Å². The molecular weight excluding hydrogens is 257 g/mol. The topological polar surface area (TPSA) is 38.3 Å². The van der Waals surface area contributed by atoms with Gasteiger partial charge < -0.3 is 10.1 Å². The van der Waals surface area contributed by atoms with Gasteiger partial charge in [-0.3, -0.25) is 0 Å². The molecule has 0 spiro atoms. The first-order valence-corrected chi connectivity index (χ1v) is 7.22. The lowest BCUT2D eigenvalue weighted by atomic mass is 9.75. The molecule has 0 radical (unpaired) electrons. The molecule has 2 rings (SSSR count). The zero-order valence-corrected chi connectivity index (χ0v) is 12.1. The number of nitrogens with one attached hydrogen (secondary N) is 1. The minimum atomic E-state index is -0.714. The van der Waals surface area contributed by atoms with E-state index in [0.717, 1.165) is 32.1 Å². The fourth-order valence-corrected chi connectivity index (χ4v) is 3.00. The molecule has 1 aliphatic rings. The quantitative estimate of drug-likeness (QED) is 0.853. The largest absolute Gasteiger partial charge is 0.467 e. The summed E-state index contributed by atoms with van der Waals surface area (Å²) in [4.78, 5) is 12.2. The van der Waals surface area contributed by atoms with Gasteiger partial charge in [-0.15, -0.1) is 0 Å². The third-order valence-corrected chi connectivity index (χ3v) is 4.32. The normalized spacial score (nSPS) is 26.1. The first-order valence-electron chi connectivity index (χ1n) is 7.22. The van der Waals surface area contributed by atoms with E-state index in [2.05, 4.69) is 12.2 Å². The molecule has 1 aromatic rings. The van der Waals surface area contributed by atoms with Gasteiger partial charge in [-0.25, -0.2) is 9.18 Å². The van der Waals surface area contributed by atoms with Gasteiger partial charge in [0, 0.05) is 5.69 Å². The van der Waals surface area contributed by atoms with Crippen molar-refractivity contribution in [1.29, 1.82) is 0 Å². The average Bonchev–Trinajstić information content (AvgIpc) is 2.47. The van der Waals surface area contributed by atoms with E-state index in [1.165, 1.54) is 19.2 Å². The van der Waals surface area contributed by atoms with Crippen LogP contribution in [0.3, 0.4) is 0 Å². The van der Waals surface area contributed by atoms with Crippen molar-refractivity contribution in [3.8, 4) is 0 Å². The predicted octanol–water partition coefficient (Wildman–Crippen LogP) is 3.75. The molecule has 0 saturated heterocycles. The van der Waals surface area contributed by atoms with Crippen LogP contribution in [-0.2, 0) is 9.53 Å². The van der Waals surface area contributed by atoms with Crippen LogP contribution in [0.15, 0.2) is 24.3 Å². The van der Waals surface area contributed by atoms with E-state index < -0.39 is 5.54 Å². The van der Waals surface area contributed by atoms with Crippen LogP contribution in [0.5, 0.6) is 0 Å². The highest BCUT2D eigenvalue weighted by Crippen LogP contribution is 2.37. The molecule has 110 valence electrons. The zero-order chi connectivity index (χ0) is 14.6. The summed E-state index contributed by atoms with van der Waals surface area (Å²) in [5.41, 5.74) is -0.0841. The highest BCUT2D eigenvalue weighted by Gasteiger charge is 2.42. The number of esters is 1. The molecule has 1 aliphatic carbocycles. The van der Waals surface area contributed by atoms with E-state index in [4.69, 9.17) is 4.74 Å². The molecule has 0 aromatic heterocycles. The van der Waals surface area contributed by atoms with E-state index >= 15 is 0 Å². The number of methoxy groups -OCH3 is 1. The Bertz CT molecular complexity index is 467. The van der Waals surface area contributed by atoms with Crippen LogP contribution >= 0.6 is 0 Å². The first-order chi connectivity index (χ1) is 9.59. The second-order valence-corrected chi connectivity index (χ2v) is 5.56. The number of carbonyl (C=O) groups is 1. The second kappa shape index (κ2) is 6.25. The molecule has 20 heavy (non-hydrogen) atoms. The molecule has 1 N–H and O–H groups in total. The van der Waals surface area contributed by atoms with Crippen LogP contribution in [0.2, 0.25) is 0 Å². The summed E-state index contributed by atoms with van der Waals surface area (Å²) in [6.45, 7) is 2.18. The predicted molar refractivity (Wildman–Crippen MR) is 77.0 cm³/mol.